The van der Waals surface area contributed by atoms with Crippen molar-refractivity contribution < 1.29 is 9.72 Å². The van der Waals surface area contributed by atoms with Crippen LogP contribution < -0.4 is 5.32 Å². The first kappa shape index (κ1) is 20.0. The van der Waals surface area contributed by atoms with Crippen molar-refractivity contribution in [3.63, 3.8) is 0 Å². The van der Waals surface area contributed by atoms with Gasteiger partial charge < -0.3 is 5.32 Å². The molecule has 1 N–H and O–H groups in total. The quantitative estimate of drug-likeness (QED) is 0.364. The Labute approximate surface area is 171 Å². The summed E-state index contributed by atoms with van der Waals surface area (Å²) in [6, 6.07) is 18.9. The number of anilines is 1. The molecule has 3 rings (SSSR count). The minimum absolute atomic E-state index is 0.130. The normalized spacial score (nSPS) is 11.3. The summed E-state index contributed by atoms with van der Waals surface area (Å²) in [5.41, 5.74) is 1.84. The first-order chi connectivity index (χ1) is 14.0. The second kappa shape index (κ2) is 8.99. The number of nitro benzene ring substituents is 1. The van der Waals surface area contributed by atoms with Crippen molar-refractivity contribution in [2.45, 2.75) is 17.2 Å². The number of hydrogen-bond acceptors (Lipinski definition) is 6. The monoisotopic (exact) mass is 404 g/mol. The predicted molar refractivity (Wildman–Crippen MR) is 110 cm³/mol. The van der Waals surface area contributed by atoms with Gasteiger partial charge in [0.15, 0.2) is 0 Å². The number of carbonyl (C=O) groups is 1. The number of nitro groups is 1. The van der Waals surface area contributed by atoms with Gasteiger partial charge in [0.05, 0.1) is 21.6 Å². The summed E-state index contributed by atoms with van der Waals surface area (Å²) in [6.07, 6.45) is 1.51. The molecule has 0 aliphatic rings. The number of amides is 1. The van der Waals surface area contributed by atoms with E-state index in [1.807, 2.05) is 24.3 Å². The van der Waals surface area contributed by atoms with Crippen LogP contribution in [0, 0.1) is 28.4 Å². The summed E-state index contributed by atoms with van der Waals surface area (Å²) in [5.74, 6) is -0.419. The van der Waals surface area contributed by atoms with Gasteiger partial charge in [-0.25, -0.2) is 4.98 Å². The van der Waals surface area contributed by atoms with Crippen LogP contribution in [0.15, 0.2) is 71.9 Å². The Morgan fingerprint density at radius 2 is 1.97 bits per heavy atom. The van der Waals surface area contributed by atoms with E-state index in [1.165, 1.54) is 30.1 Å². The molecule has 1 amide bonds. The van der Waals surface area contributed by atoms with Crippen LogP contribution in [0.2, 0.25) is 0 Å². The van der Waals surface area contributed by atoms with Gasteiger partial charge in [0.1, 0.15) is 10.9 Å². The second-order valence-corrected chi connectivity index (χ2v) is 7.30. The van der Waals surface area contributed by atoms with Gasteiger partial charge in [0.2, 0.25) is 5.91 Å². The Balaban J connectivity index is 1.93. The molecule has 1 aromatic heterocycles. The fourth-order valence-electron chi connectivity index (χ4n) is 2.66. The molecule has 0 radical (unpaired) electrons. The van der Waals surface area contributed by atoms with Crippen molar-refractivity contribution >= 4 is 29.0 Å². The number of aromatic nitrogens is 1. The molecule has 2 aromatic carbocycles. The van der Waals surface area contributed by atoms with E-state index in [-0.39, 0.29) is 11.4 Å². The highest BCUT2D eigenvalue weighted by Crippen LogP contribution is 2.36. The molecule has 3 aromatic rings. The van der Waals surface area contributed by atoms with Crippen LogP contribution in [0.1, 0.15) is 21.9 Å². The number of nitrogens with zero attached hydrogens (tertiary/aromatic N) is 3. The van der Waals surface area contributed by atoms with Crippen LogP contribution in [0.25, 0.3) is 0 Å². The fourth-order valence-corrected chi connectivity index (χ4v) is 3.68. The van der Waals surface area contributed by atoms with Crippen molar-refractivity contribution in [1.29, 1.82) is 5.26 Å². The van der Waals surface area contributed by atoms with Crippen LogP contribution in [-0.2, 0) is 4.79 Å². The van der Waals surface area contributed by atoms with Gasteiger partial charge in [-0.3, -0.25) is 14.9 Å². The lowest BCUT2D eigenvalue weighted by Crippen LogP contribution is -2.20. The van der Waals surface area contributed by atoms with Gasteiger partial charge in [-0.1, -0.05) is 48.2 Å². The number of carbonyl (C=O) groups excluding carboxylic acids is 1. The maximum Gasteiger partial charge on any atom is 0.293 e. The van der Waals surface area contributed by atoms with E-state index < -0.39 is 16.1 Å². The number of benzene rings is 2. The zero-order valence-corrected chi connectivity index (χ0v) is 16.2. The molecular formula is C21H16N4O3S. The van der Waals surface area contributed by atoms with Gasteiger partial charge in [0.25, 0.3) is 5.69 Å². The van der Waals surface area contributed by atoms with Crippen molar-refractivity contribution in [3.8, 4) is 6.07 Å². The van der Waals surface area contributed by atoms with Crippen LogP contribution in [0.4, 0.5) is 11.4 Å². The van der Waals surface area contributed by atoms with Crippen LogP contribution in [0.5, 0.6) is 0 Å². The Kier molecular flexibility index (Phi) is 6.22. The van der Waals surface area contributed by atoms with Crippen molar-refractivity contribution in [1.82, 2.24) is 4.98 Å². The SMILES string of the molecule is Cc1ccc(NC(=O)C(Sc2cc(C#N)ccn2)c2ccccc2)c([N+](=O)[O-])c1. The average Bonchev–Trinajstić information content (AvgIpc) is 2.73. The molecule has 1 heterocycles. The topological polar surface area (TPSA) is 109 Å². The van der Waals surface area contributed by atoms with Crippen LogP contribution in [0.3, 0.4) is 0 Å². The lowest BCUT2D eigenvalue weighted by molar-refractivity contribution is -0.384. The molecule has 0 spiro atoms. The fraction of sp³-hybridized carbons (Fsp3) is 0.0952. The summed E-state index contributed by atoms with van der Waals surface area (Å²) < 4.78 is 0. The third kappa shape index (κ3) is 4.97. The molecule has 0 aliphatic heterocycles. The molecule has 0 bridgehead atoms. The van der Waals surface area contributed by atoms with Crippen LogP contribution >= 0.6 is 11.8 Å². The van der Waals surface area contributed by atoms with Crippen molar-refractivity contribution in [3.05, 3.63) is 93.7 Å². The number of nitriles is 1. The third-order valence-electron chi connectivity index (χ3n) is 4.05. The largest absolute Gasteiger partial charge is 0.319 e. The Bertz CT molecular complexity index is 1100. The average molecular weight is 404 g/mol. The number of hydrogen-bond donors (Lipinski definition) is 1. The molecule has 0 fully saturated rings. The Morgan fingerprint density at radius 1 is 1.21 bits per heavy atom. The van der Waals surface area contributed by atoms with Gasteiger partial charge in [-0.15, -0.1) is 0 Å². The number of rotatable bonds is 6. The molecule has 7 nitrogen and oxygen atoms in total. The molecule has 1 unspecified atom stereocenters. The molecule has 0 aliphatic carbocycles. The van der Waals surface area contributed by atoms with E-state index in [2.05, 4.69) is 10.3 Å². The lowest BCUT2D eigenvalue weighted by Gasteiger charge is -2.17. The van der Waals surface area contributed by atoms with Crippen molar-refractivity contribution in [2.24, 2.45) is 0 Å². The molecule has 144 valence electrons. The summed E-state index contributed by atoms with van der Waals surface area (Å²) in [5, 5.41) is 22.9. The molecule has 29 heavy (non-hydrogen) atoms. The summed E-state index contributed by atoms with van der Waals surface area (Å²) in [7, 11) is 0. The maximum atomic E-state index is 13.1. The van der Waals surface area contributed by atoms with Gasteiger partial charge in [-0.05, 0) is 36.2 Å². The lowest BCUT2D eigenvalue weighted by atomic mass is 10.1. The summed E-state index contributed by atoms with van der Waals surface area (Å²) in [4.78, 5) is 28.2. The third-order valence-corrected chi connectivity index (χ3v) is 5.24. The van der Waals surface area contributed by atoms with Gasteiger partial charge in [0, 0.05) is 12.3 Å². The smallest absolute Gasteiger partial charge is 0.293 e. The van der Waals surface area contributed by atoms with E-state index >= 15 is 0 Å². The zero-order valence-electron chi connectivity index (χ0n) is 15.4. The Hall–Kier alpha value is -3.70. The van der Waals surface area contributed by atoms with Gasteiger partial charge in [-0.2, -0.15) is 5.26 Å². The molecule has 0 saturated heterocycles. The van der Waals surface area contributed by atoms with E-state index in [0.29, 0.717) is 16.2 Å². The predicted octanol–water partition coefficient (Wildman–Crippen LogP) is 4.64. The highest BCUT2D eigenvalue weighted by atomic mass is 32.2. The Morgan fingerprint density at radius 3 is 2.66 bits per heavy atom. The first-order valence-corrected chi connectivity index (χ1v) is 9.49. The number of nitrogens with one attached hydrogen (secondary N) is 1. The van der Waals surface area contributed by atoms with E-state index in [4.69, 9.17) is 5.26 Å². The van der Waals surface area contributed by atoms with E-state index in [1.54, 1.807) is 37.3 Å². The van der Waals surface area contributed by atoms with Crippen LogP contribution in [-0.4, -0.2) is 15.8 Å². The number of aryl methyl sites for hydroxylation is 1. The van der Waals surface area contributed by atoms with E-state index in [0.717, 1.165) is 5.56 Å². The number of thioether (sulfide) groups is 1. The molecule has 8 heteroatoms. The minimum atomic E-state index is -0.710. The molecule has 0 saturated carbocycles. The standard InChI is InChI=1S/C21H16N4O3S/c1-14-7-8-17(18(11-14)25(27)28)24-21(26)20(16-5-3-2-4-6-16)29-19-12-15(13-22)9-10-23-19/h2-12,20H,1H3,(H,24,26). The highest BCUT2D eigenvalue weighted by Gasteiger charge is 2.25. The first-order valence-electron chi connectivity index (χ1n) is 8.61. The van der Waals surface area contributed by atoms with Crippen molar-refractivity contribution in [2.75, 3.05) is 5.32 Å². The summed E-state index contributed by atoms with van der Waals surface area (Å²) >= 11 is 1.17. The summed E-state index contributed by atoms with van der Waals surface area (Å²) in [6.45, 7) is 1.75. The molecular weight excluding hydrogens is 388 g/mol. The van der Waals surface area contributed by atoms with E-state index in [9.17, 15) is 14.9 Å². The zero-order chi connectivity index (χ0) is 20.8. The van der Waals surface area contributed by atoms with Gasteiger partial charge >= 0.3 is 0 Å². The number of pyridine rings is 1. The second-order valence-electron chi connectivity index (χ2n) is 6.17. The molecule has 1 atom stereocenters. The highest BCUT2D eigenvalue weighted by molar-refractivity contribution is 8.00. The maximum absolute atomic E-state index is 13.1. The minimum Gasteiger partial charge on any atom is -0.319 e.